The van der Waals surface area contributed by atoms with Crippen molar-refractivity contribution in [3.63, 3.8) is 0 Å². The first-order chi connectivity index (χ1) is 8.58. The Balaban J connectivity index is 3.13. The lowest BCUT2D eigenvalue weighted by Gasteiger charge is -2.26. The summed E-state index contributed by atoms with van der Waals surface area (Å²) in [7, 11) is -4.15. The van der Waals surface area contributed by atoms with Gasteiger partial charge in [0.15, 0.2) is 0 Å². The van der Waals surface area contributed by atoms with Gasteiger partial charge in [-0.25, -0.2) is 8.42 Å². The molecule has 1 aromatic rings. The van der Waals surface area contributed by atoms with Crippen LogP contribution >= 0.6 is 11.3 Å². The summed E-state index contributed by atoms with van der Waals surface area (Å²) in [6, 6.07) is 0.529. The van der Waals surface area contributed by atoms with Crippen molar-refractivity contribution in [1.29, 1.82) is 0 Å². The second kappa shape index (κ2) is 5.78. The van der Waals surface area contributed by atoms with Crippen molar-refractivity contribution in [2.45, 2.75) is 36.8 Å². The van der Waals surface area contributed by atoms with Gasteiger partial charge < -0.3 is 5.73 Å². The lowest BCUT2D eigenvalue weighted by atomic mass is 10.4. The predicted octanol–water partition coefficient (Wildman–Crippen LogP) is 2.17. The van der Waals surface area contributed by atoms with Gasteiger partial charge in [0.1, 0.15) is 10.8 Å². The maximum atomic E-state index is 12.5. The zero-order chi connectivity index (χ0) is 14.8. The third-order valence-electron chi connectivity index (χ3n) is 2.34. The molecule has 1 aromatic heterocycles. The van der Waals surface area contributed by atoms with Crippen molar-refractivity contribution < 1.29 is 21.6 Å². The van der Waals surface area contributed by atoms with Crippen molar-refractivity contribution in [1.82, 2.24) is 4.31 Å². The molecule has 9 heteroatoms. The van der Waals surface area contributed by atoms with E-state index < -0.39 is 28.8 Å². The highest BCUT2D eigenvalue weighted by molar-refractivity contribution is 7.91. The SMILES string of the molecule is CC(C)N(CC(F)(F)F)S(=O)(=O)c1cc(CN)cs1. The molecule has 0 aromatic carbocycles. The van der Waals surface area contributed by atoms with Crippen LogP contribution in [-0.4, -0.2) is 31.5 Å². The average Bonchev–Trinajstić information content (AvgIpc) is 2.73. The summed E-state index contributed by atoms with van der Waals surface area (Å²) < 4.78 is 62.1. The van der Waals surface area contributed by atoms with Crippen molar-refractivity contribution in [3.8, 4) is 0 Å². The normalized spacial score (nSPS) is 13.5. The molecule has 19 heavy (non-hydrogen) atoms. The fourth-order valence-corrected chi connectivity index (χ4v) is 4.40. The molecule has 0 saturated carbocycles. The van der Waals surface area contributed by atoms with Crippen LogP contribution in [0.5, 0.6) is 0 Å². The number of nitrogens with two attached hydrogens (primary N) is 1. The molecular formula is C10H15F3N2O2S2. The van der Waals surface area contributed by atoms with E-state index in [0.717, 1.165) is 11.3 Å². The molecule has 4 nitrogen and oxygen atoms in total. The van der Waals surface area contributed by atoms with Gasteiger partial charge in [0.25, 0.3) is 10.0 Å². The van der Waals surface area contributed by atoms with E-state index in [1.165, 1.54) is 25.3 Å². The van der Waals surface area contributed by atoms with Crippen LogP contribution in [0, 0.1) is 0 Å². The molecule has 110 valence electrons. The number of hydrogen-bond acceptors (Lipinski definition) is 4. The number of hydrogen-bond donors (Lipinski definition) is 1. The molecule has 1 rings (SSSR count). The average molecular weight is 316 g/mol. The maximum absolute atomic E-state index is 12.5. The van der Waals surface area contributed by atoms with Crippen molar-refractivity contribution >= 4 is 21.4 Å². The molecule has 0 aliphatic rings. The van der Waals surface area contributed by atoms with E-state index in [4.69, 9.17) is 5.73 Å². The van der Waals surface area contributed by atoms with Gasteiger partial charge in [0.05, 0.1) is 0 Å². The first kappa shape index (κ1) is 16.4. The fraction of sp³-hybridized carbons (Fsp3) is 0.600. The Labute approximate surface area is 114 Å². The molecule has 0 atom stereocenters. The van der Waals surface area contributed by atoms with Crippen LogP contribution in [0.3, 0.4) is 0 Å². The Morgan fingerprint density at radius 3 is 2.37 bits per heavy atom. The minimum Gasteiger partial charge on any atom is -0.326 e. The van der Waals surface area contributed by atoms with Gasteiger partial charge in [0.2, 0.25) is 0 Å². The third kappa shape index (κ3) is 4.16. The summed E-state index contributed by atoms with van der Waals surface area (Å²) in [5.41, 5.74) is 5.95. The first-order valence-corrected chi connectivity index (χ1v) is 7.76. The van der Waals surface area contributed by atoms with Crippen LogP contribution in [0.15, 0.2) is 15.7 Å². The Morgan fingerprint density at radius 1 is 1.42 bits per heavy atom. The van der Waals surface area contributed by atoms with Crippen molar-refractivity contribution in [3.05, 3.63) is 17.0 Å². The van der Waals surface area contributed by atoms with Gasteiger partial charge in [-0.15, -0.1) is 11.3 Å². The summed E-state index contributed by atoms with van der Waals surface area (Å²) in [4.78, 5) is 0. The van der Waals surface area contributed by atoms with Crippen LogP contribution in [0.4, 0.5) is 13.2 Å². The molecular weight excluding hydrogens is 301 g/mol. The van der Waals surface area contributed by atoms with E-state index >= 15 is 0 Å². The van der Waals surface area contributed by atoms with E-state index in [1.807, 2.05) is 0 Å². The Bertz CT molecular complexity index is 523. The van der Waals surface area contributed by atoms with E-state index in [2.05, 4.69) is 0 Å². The molecule has 0 unspecified atom stereocenters. The summed E-state index contributed by atoms with van der Waals surface area (Å²) in [5.74, 6) is 0. The van der Waals surface area contributed by atoms with Crippen LogP contribution < -0.4 is 5.73 Å². The van der Waals surface area contributed by atoms with E-state index in [0.29, 0.717) is 9.87 Å². The Morgan fingerprint density at radius 2 is 2.00 bits per heavy atom. The van der Waals surface area contributed by atoms with Gasteiger partial charge in [-0.1, -0.05) is 0 Å². The number of sulfonamides is 1. The van der Waals surface area contributed by atoms with Crippen LogP contribution in [0.1, 0.15) is 19.4 Å². The predicted molar refractivity (Wildman–Crippen MR) is 67.3 cm³/mol. The minimum atomic E-state index is -4.58. The fourth-order valence-electron chi connectivity index (χ4n) is 1.43. The first-order valence-electron chi connectivity index (χ1n) is 5.44. The molecule has 0 bridgehead atoms. The van der Waals surface area contributed by atoms with Crippen molar-refractivity contribution in [2.24, 2.45) is 5.73 Å². The lowest BCUT2D eigenvalue weighted by molar-refractivity contribution is -0.138. The standard InChI is InChI=1S/C10H15F3N2O2S2/c1-7(2)15(6-10(11,12)13)19(16,17)9-3-8(4-14)5-18-9/h3,5,7H,4,6,14H2,1-2H3. The third-order valence-corrected chi connectivity index (χ3v) is 5.83. The monoisotopic (exact) mass is 316 g/mol. The largest absolute Gasteiger partial charge is 0.402 e. The number of thiophene rings is 1. The molecule has 0 radical (unpaired) electrons. The van der Waals surface area contributed by atoms with Gasteiger partial charge in [-0.2, -0.15) is 17.5 Å². The van der Waals surface area contributed by atoms with E-state index in [1.54, 1.807) is 0 Å². The summed E-state index contributed by atoms with van der Waals surface area (Å²) in [6.45, 7) is 1.46. The zero-order valence-electron chi connectivity index (χ0n) is 10.4. The smallest absolute Gasteiger partial charge is 0.326 e. The highest BCUT2D eigenvalue weighted by atomic mass is 32.2. The van der Waals surface area contributed by atoms with Gasteiger partial charge >= 0.3 is 6.18 Å². The summed E-state index contributed by atoms with van der Waals surface area (Å²) in [6.07, 6.45) is -4.58. The van der Waals surface area contributed by atoms with Gasteiger partial charge in [0, 0.05) is 12.6 Å². The minimum absolute atomic E-state index is 0.120. The molecule has 1 heterocycles. The maximum Gasteiger partial charge on any atom is 0.402 e. The van der Waals surface area contributed by atoms with E-state index in [-0.39, 0.29) is 10.8 Å². The van der Waals surface area contributed by atoms with Crippen molar-refractivity contribution in [2.75, 3.05) is 6.54 Å². The quantitative estimate of drug-likeness (QED) is 0.905. The Kier molecular flexibility index (Phi) is 4.99. The number of alkyl halides is 3. The van der Waals surface area contributed by atoms with Gasteiger partial charge in [-0.3, -0.25) is 0 Å². The highest BCUT2D eigenvalue weighted by Crippen LogP contribution is 2.28. The summed E-state index contributed by atoms with van der Waals surface area (Å²) in [5, 5.41) is 1.53. The summed E-state index contributed by atoms with van der Waals surface area (Å²) >= 11 is 0.876. The Hall–Kier alpha value is -0.640. The number of rotatable bonds is 5. The second-order valence-corrected chi connectivity index (χ2v) is 7.27. The number of nitrogens with zero attached hydrogens (tertiary/aromatic N) is 1. The molecule has 0 aliphatic heterocycles. The molecule has 0 spiro atoms. The number of halogens is 3. The molecule has 0 aliphatic carbocycles. The zero-order valence-corrected chi connectivity index (χ0v) is 12.1. The van der Waals surface area contributed by atoms with E-state index in [9.17, 15) is 21.6 Å². The second-order valence-electron chi connectivity index (χ2n) is 4.24. The van der Waals surface area contributed by atoms with Crippen LogP contribution in [-0.2, 0) is 16.6 Å². The van der Waals surface area contributed by atoms with Crippen LogP contribution in [0.2, 0.25) is 0 Å². The van der Waals surface area contributed by atoms with Crippen LogP contribution in [0.25, 0.3) is 0 Å². The van der Waals surface area contributed by atoms with Gasteiger partial charge in [-0.05, 0) is 30.9 Å². The highest BCUT2D eigenvalue weighted by Gasteiger charge is 2.38. The lowest BCUT2D eigenvalue weighted by Crippen LogP contribution is -2.42. The molecule has 2 N–H and O–H groups in total. The molecule has 0 saturated heterocycles. The molecule has 0 amide bonds. The molecule has 0 fully saturated rings. The topological polar surface area (TPSA) is 63.4 Å².